The molecule has 2 aromatic carbocycles. The number of benzene rings is 2. The lowest BCUT2D eigenvalue weighted by atomic mass is 10.1. The van der Waals surface area contributed by atoms with Crippen LogP contribution in [0.3, 0.4) is 0 Å². The minimum absolute atomic E-state index is 0.145. The predicted molar refractivity (Wildman–Crippen MR) is 72.7 cm³/mol. The number of aliphatic carboxylic acids is 1. The normalized spacial score (nSPS) is 15.4. The van der Waals surface area contributed by atoms with E-state index in [1.807, 2.05) is 0 Å². The fourth-order valence-corrected chi connectivity index (χ4v) is 3.69. The van der Waals surface area contributed by atoms with Crippen molar-refractivity contribution in [3.05, 3.63) is 66.2 Å². The van der Waals surface area contributed by atoms with Crippen molar-refractivity contribution >= 4 is 18.6 Å². The van der Waals surface area contributed by atoms with Crippen molar-refractivity contribution in [2.75, 3.05) is 0 Å². The van der Waals surface area contributed by atoms with Crippen LogP contribution in [0.1, 0.15) is 11.2 Å². The van der Waals surface area contributed by atoms with Gasteiger partial charge in [-0.1, -0.05) is 48.5 Å². The lowest BCUT2D eigenvalue weighted by Gasteiger charge is -2.20. The molecular formula is C14H13O4P. The minimum atomic E-state index is -4.03. The summed E-state index contributed by atoms with van der Waals surface area (Å²) < 4.78 is 12.5. The highest BCUT2D eigenvalue weighted by Crippen LogP contribution is 2.54. The molecule has 0 fully saturated rings. The molecule has 4 nitrogen and oxygen atoms in total. The van der Waals surface area contributed by atoms with Gasteiger partial charge in [0.2, 0.25) is 7.37 Å². The van der Waals surface area contributed by atoms with Gasteiger partial charge < -0.3 is 10.00 Å². The molecule has 1 unspecified atom stereocenters. The van der Waals surface area contributed by atoms with Gasteiger partial charge in [0.25, 0.3) is 0 Å². The first-order valence-corrected chi connectivity index (χ1v) is 7.42. The number of hydrogen-bond donors (Lipinski definition) is 2. The van der Waals surface area contributed by atoms with Gasteiger partial charge in [0.15, 0.2) is 5.66 Å². The highest BCUT2D eigenvalue weighted by molar-refractivity contribution is 7.67. The SMILES string of the molecule is O=C(O)[C@@H](c1ccccc1)P(=O)(O)c1ccccc1. The zero-order chi connectivity index (χ0) is 13.9. The molecule has 0 radical (unpaired) electrons. The first kappa shape index (κ1) is 13.5. The topological polar surface area (TPSA) is 74.6 Å². The van der Waals surface area contributed by atoms with Gasteiger partial charge in [-0.15, -0.1) is 0 Å². The quantitative estimate of drug-likeness (QED) is 0.841. The molecule has 0 aromatic heterocycles. The molecule has 0 aliphatic carbocycles. The van der Waals surface area contributed by atoms with E-state index in [1.54, 1.807) is 48.5 Å². The van der Waals surface area contributed by atoms with Crippen LogP contribution in [0.25, 0.3) is 0 Å². The van der Waals surface area contributed by atoms with Crippen LogP contribution in [0, 0.1) is 0 Å². The summed E-state index contributed by atoms with van der Waals surface area (Å²) in [6, 6.07) is 16.0. The molecule has 0 heterocycles. The number of rotatable bonds is 4. The van der Waals surface area contributed by atoms with E-state index in [-0.39, 0.29) is 5.30 Å². The molecule has 0 bridgehead atoms. The van der Waals surface area contributed by atoms with Gasteiger partial charge in [-0.3, -0.25) is 9.36 Å². The summed E-state index contributed by atoms with van der Waals surface area (Å²) in [5.41, 5.74) is -1.12. The lowest BCUT2D eigenvalue weighted by Crippen LogP contribution is -2.18. The van der Waals surface area contributed by atoms with Crippen LogP contribution in [-0.4, -0.2) is 16.0 Å². The summed E-state index contributed by atoms with van der Waals surface area (Å²) in [5.74, 6) is -1.30. The van der Waals surface area contributed by atoms with Crippen molar-refractivity contribution < 1.29 is 19.4 Å². The summed E-state index contributed by atoms with van der Waals surface area (Å²) in [6.45, 7) is 0. The van der Waals surface area contributed by atoms with Crippen molar-refractivity contribution in [3.8, 4) is 0 Å². The second kappa shape index (κ2) is 5.39. The minimum Gasteiger partial charge on any atom is -0.480 e. The molecule has 5 heteroatoms. The summed E-state index contributed by atoms with van der Waals surface area (Å²) in [7, 11) is -4.03. The Hall–Kier alpha value is -1.90. The van der Waals surface area contributed by atoms with E-state index < -0.39 is 19.0 Å². The third kappa shape index (κ3) is 2.75. The van der Waals surface area contributed by atoms with Crippen LogP contribution in [-0.2, 0) is 9.36 Å². The smallest absolute Gasteiger partial charge is 0.321 e. The Morgan fingerprint density at radius 1 is 0.947 bits per heavy atom. The average molecular weight is 276 g/mol. The van der Waals surface area contributed by atoms with E-state index in [2.05, 4.69) is 0 Å². The van der Waals surface area contributed by atoms with Crippen LogP contribution >= 0.6 is 7.37 Å². The first-order chi connectivity index (χ1) is 9.03. The van der Waals surface area contributed by atoms with Crippen molar-refractivity contribution in [1.82, 2.24) is 0 Å². The van der Waals surface area contributed by atoms with Gasteiger partial charge in [0.1, 0.15) is 0 Å². The third-order valence-electron chi connectivity index (χ3n) is 2.83. The Balaban J connectivity index is 2.52. The number of carboxylic acid groups (broad SMARTS) is 1. The summed E-state index contributed by atoms with van der Waals surface area (Å²) in [5, 5.41) is 9.44. The second-order valence-electron chi connectivity index (χ2n) is 4.11. The molecule has 0 spiro atoms. The maximum atomic E-state index is 12.5. The molecule has 0 amide bonds. The number of hydrogen-bond acceptors (Lipinski definition) is 2. The highest BCUT2D eigenvalue weighted by Gasteiger charge is 2.39. The van der Waals surface area contributed by atoms with Crippen molar-refractivity contribution in [2.45, 2.75) is 5.66 Å². The van der Waals surface area contributed by atoms with E-state index in [1.165, 1.54) is 12.1 Å². The zero-order valence-corrected chi connectivity index (χ0v) is 10.9. The molecule has 19 heavy (non-hydrogen) atoms. The molecular weight excluding hydrogens is 263 g/mol. The molecule has 0 aliphatic heterocycles. The second-order valence-corrected chi connectivity index (χ2v) is 6.39. The highest BCUT2D eigenvalue weighted by atomic mass is 31.2. The third-order valence-corrected chi connectivity index (χ3v) is 5.08. The standard InChI is InChI=1S/C14H13O4P/c15-14(16)13(11-7-3-1-4-8-11)19(17,18)12-9-5-2-6-10-12/h1-10,13H,(H,15,16)(H,17,18)/t13-/m1/s1. The monoisotopic (exact) mass is 276 g/mol. The Labute approximate surface area is 110 Å². The maximum absolute atomic E-state index is 12.5. The lowest BCUT2D eigenvalue weighted by molar-refractivity contribution is -0.136. The van der Waals surface area contributed by atoms with E-state index >= 15 is 0 Å². The van der Waals surface area contributed by atoms with Crippen molar-refractivity contribution in [2.24, 2.45) is 0 Å². The van der Waals surface area contributed by atoms with Gasteiger partial charge in [-0.25, -0.2) is 0 Å². The Morgan fingerprint density at radius 2 is 1.42 bits per heavy atom. The van der Waals surface area contributed by atoms with Gasteiger partial charge in [-0.05, 0) is 17.7 Å². The van der Waals surface area contributed by atoms with Crippen molar-refractivity contribution in [1.29, 1.82) is 0 Å². The fourth-order valence-electron chi connectivity index (χ4n) is 1.92. The maximum Gasteiger partial charge on any atom is 0.321 e. The molecule has 2 N–H and O–H groups in total. The predicted octanol–water partition coefficient (Wildman–Crippen LogP) is 2.41. The number of carbonyl (C=O) groups is 1. The Bertz CT molecular complexity index is 610. The summed E-state index contributed by atoms with van der Waals surface area (Å²) in [6.07, 6.45) is 0. The summed E-state index contributed by atoms with van der Waals surface area (Å²) in [4.78, 5) is 21.6. The van der Waals surface area contributed by atoms with Crippen LogP contribution in [0.15, 0.2) is 60.7 Å². The van der Waals surface area contributed by atoms with Gasteiger partial charge in [-0.2, -0.15) is 0 Å². The zero-order valence-electron chi connectivity index (χ0n) is 10.0. The van der Waals surface area contributed by atoms with Crippen LogP contribution in [0.2, 0.25) is 0 Å². The van der Waals surface area contributed by atoms with E-state index in [4.69, 9.17) is 0 Å². The molecule has 2 atom stereocenters. The Morgan fingerprint density at radius 3 is 1.89 bits per heavy atom. The Kier molecular flexibility index (Phi) is 3.84. The first-order valence-electron chi connectivity index (χ1n) is 5.69. The van der Waals surface area contributed by atoms with E-state index in [0.717, 1.165) is 0 Å². The van der Waals surface area contributed by atoms with Crippen LogP contribution < -0.4 is 5.30 Å². The average Bonchev–Trinajstić information content (AvgIpc) is 2.40. The van der Waals surface area contributed by atoms with Crippen LogP contribution in [0.5, 0.6) is 0 Å². The fraction of sp³-hybridized carbons (Fsp3) is 0.0714. The van der Waals surface area contributed by atoms with Crippen LogP contribution in [0.4, 0.5) is 0 Å². The number of carboxylic acids is 1. The largest absolute Gasteiger partial charge is 0.480 e. The molecule has 0 saturated carbocycles. The van der Waals surface area contributed by atoms with Crippen molar-refractivity contribution in [3.63, 3.8) is 0 Å². The van der Waals surface area contributed by atoms with E-state index in [0.29, 0.717) is 5.56 Å². The van der Waals surface area contributed by atoms with E-state index in [9.17, 15) is 19.4 Å². The van der Waals surface area contributed by atoms with Gasteiger partial charge >= 0.3 is 5.97 Å². The van der Waals surface area contributed by atoms with Gasteiger partial charge in [0, 0.05) is 5.30 Å². The molecule has 0 aliphatic rings. The molecule has 0 saturated heterocycles. The molecule has 98 valence electrons. The molecule has 2 aromatic rings. The van der Waals surface area contributed by atoms with Gasteiger partial charge in [0.05, 0.1) is 0 Å². The summed E-state index contributed by atoms with van der Waals surface area (Å²) >= 11 is 0. The molecule has 2 rings (SSSR count).